The second-order valence-electron chi connectivity index (χ2n) is 7.34. The molecule has 0 saturated carbocycles. The number of pyridine rings is 1. The van der Waals surface area contributed by atoms with Gasteiger partial charge in [-0.15, -0.1) is 5.10 Å². The molecule has 0 bridgehead atoms. The first-order valence-electron chi connectivity index (χ1n) is 10.0. The number of para-hydroxylation sites is 1. The van der Waals surface area contributed by atoms with Crippen LogP contribution >= 0.6 is 0 Å². The molecule has 7 nitrogen and oxygen atoms in total. The van der Waals surface area contributed by atoms with Crippen LogP contribution < -0.4 is 5.32 Å². The van der Waals surface area contributed by atoms with Crippen molar-refractivity contribution in [2.45, 2.75) is 6.92 Å². The molecule has 2 heterocycles. The van der Waals surface area contributed by atoms with Crippen LogP contribution in [0, 0.1) is 18.6 Å². The Morgan fingerprint density at radius 2 is 1.76 bits per heavy atom. The third-order valence-corrected chi connectivity index (χ3v) is 5.16. The summed E-state index contributed by atoms with van der Waals surface area (Å²) >= 11 is 0. The van der Waals surface area contributed by atoms with Gasteiger partial charge in [0.2, 0.25) is 0 Å². The highest BCUT2D eigenvalue weighted by Gasteiger charge is 2.16. The summed E-state index contributed by atoms with van der Waals surface area (Å²) in [5.74, 6) is -0.886. The average Bonchev–Trinajstić information content (AvgIpc) is 3.25. The molecule has 0 aliphatic heterocycles. The number of nitrogens with zero attached hydrogens (tertiary/aromatic N) is 5. The molecule has 0 radical (unpaired) electrons. The number of fused-ring (bicyclic) bond motifs is 1. The number of halogens is 2. The van der Waals surface area contributed by atoms with Crippen LogP contribution in [0.5, 0.6) is 0 Å². The molecule has 5 rings (SSSR count). The van der Waals surface area contributed by atoms with Crippen LogP contribution in [0.25, 0.3) is 27.8 Å². The van der Waals surface area contributed by atoms with E-state index in [1.807, 2.05) is 12.1 Å². The second kappa shape index (κ2) is 8.19. The molecule has 33 heavy (non-hydrogen) atoms. The molecule has 2 aromatic heterocycles. The number of hydrogen-bond acceptors (Lipinski definition) is 5. The van der Waals surface area contributed by atoms with Crippen molar-refractivity contribution in [2.24, 2.45) is 0 Å². The average molecular weight is 442 g/mol. The molecule has 9 heteroatoms. The van der Waals surface area contributed by atoms with Crippen LogP contribution in [0.2, 0.25) is 0 Å². The first-order valence-corrected chi connectivity index (χ1v) is 10.0. The van der Waals surface area contributed by atoms with Gasteiger partial charge in [-0.05, 0) is 71.9 Å². The Hall–Kier alpha value is -4.53. The lowest BCUT2D eigenvalue weighted by atomic mass is 10.0. The van der Waals surface area contributed by atoms with Crippen LogP contribution in [-0.4, -0.2) is 31.1 Å². The van der Waals surface area contributed by atoms with E-state index in [-0.39, 0.29) is 11.5 Å². The topological polar surface area (TPSA) is 85.6 Å². The highest BCUT2D eigenvalue weighted by molar-refractivity contribution is 6.13. The molecular weight excluding hydrogens is 426 g/mol. The predicted octanol–water partition coefficient (Wildman–Crippen LogP) is 4.72. The molecule has 162 valence electrons. The maximum atomic E-state index is 14.4. The molecule has 3 aromatic carbocycles. The minimum atomic E-state index is -0.531. The van der Waals surface area contributed by atoms with E-state index in [9.17, 15) is 13.6 Å². The fourth-order valence-corrected chi connectivity index (χ4v) is 3.54. The van der Waals surface area contributed by atoms with Crippen molar-refractivity contribution in [2.75, 3.05) is 5.32 Å². The van der Waals surface area contributed by atoms with Gasteiger partial charge in [-0.1, -0.05) is 18.2 Å². The van der Waals surface area contributed by atoms with E-state index in [0.29, 0.717) is 39.2 Å². The maximum absolute atomic E-state index is 14.4. The Balaban J connectivity index is 1.55. The van der Waals surface area contributed by atoms with Crippen molar-refractivity contribution in [1.82, 2.24) is 25.2 Å². The van der Waals surface area contributed by atoms with Crippen LogP contribution in [-0.2, 0) is 0 Å². The maximum Gasteiger partial charge on any atom is 0.256 e. The number of carbonyl (C=O) groups excluding carboxylic acids is 1. The van der Waals surface area contributed by atoms with Gasteiger partial charge in [0.1, 0.15) is 17.3 Å². The van der Waals surface area contributed by atoms with E-state index in [1.54, 1.807) is 37.3 Å². The van der Waals surface area contributed by atoms with Crippen LogP contribution in [0.3, 0.4) is 0 Å². The number of tetrazole rings is 1. The standard InChI is InChI=1S/C24H16F2N6O/c1-14-29-30-31-32(14)23-12-17(10-11-20(23)26)27-24(33)19-13-22(15-6-8-16(25)9-7-15)28-21-5-3-2-4-18(19)21/h2-13H,1H3,(H,27,33). The lowest BCUT2D eigenvalue weighted by molar-refractivity contribution is 0.102. The van der Waals surface area contributed by atoms with Gasteiger partial charge in [0.25, 0.3) is 5.91 Å². The third kappa shape index (κ3) is 3.91. The SMILES string of the molecule is Cc1nnnn1-c1cc(NC(=O)c2cc(-c3ccc(F)cc3)nc3ccccc23)ccc1F. The smallest absolute Gasteiger partial charge is 0.256 e. The Morgan fingerprint density at radius 3 is 2.52 bits per heavy atom. The van der Waals surface area contributed by atoms with Gasteiger partial charge in [-0.3, -0.25) is 4.79 Å². The molecule has 1 N–H and O–H groups in total. The van der Waals surface area contributed by atoms with Gasteiger partial charge < -0.3 is 5.32 Å². The molecule has 0 spiro atoms. The fourth-order valence-electron chi connectivity index (χ4n) is 3.54. The molecule has 5 aromatic rings. The first kappa shape index (κ1) is 20.4. The van der Waals surface area contributed by atoms with E-state index in [4.69, 9.17) is 0 Å². The normalized spacial score (nSPS) is 11.0. The van der Waals surface area contributed by atoms with Crippen LogP contribution in [0.1, 0.15) is 16.2 Å². The molecule has 1 amide bonds. The van der Waals surface area contributed by atoms with Gasteiger partial charge >= 0.3 is 0 Å². The van der Waals surface area contributed by atoms with Crippen molar-refractivity contribution in [3.8, 4) is 16.9 Å². The highest BCUT2D eigenvalue weighted by Crippen LogP contribution is 2.26. The molecule has 0 aliphatic rings. The van der Waals surface area contributed by atoms with E-state index in [0.717, 1.165) is 0 Å². The minimum Gasteiger partial charge on any atom is -0.322 e. The monoisotopic (exact) mass is 442 g/mol. The van der Waals surface area contributed by atoms with E-state index in [2.05, 4.69) is 25.8 Å². The van der Waals surface area contributed by atoms with E-state index >= 15 is 0 Å². The van der Waals surface area contributed by atoms with Gasteiger partial charge in [0.05, 0.1) is 16.8 Å². The van der Waals surface area contributed by atoms with Crippen molar-refractivity contribution in [1.29, 1.82) is 0 Å². The number of aromatic nitrogens is 5. The number of amides is 1. The summed E-state index contributed by atoms with van der Waals surface area (Å²) in [5.41, 5.74) is 2.69. The van der Waals surface area contributed by atoms with Gasteiger partial charge in [-0.2, -0.15) is 4.68 Å². The zero-order valence-corrected chi connectivity index (χ0v) is 17.3. The largest absolute Gasteiger partial charge is 0.322 e. The molecule has 0 aliphatic carbocycles. The lowest BCUT2D eigenvalue weighted by Crippen LogP contribution is -2.14. The number of carbonyl (C=O) groups is 1. The van der Waals surface area contributed by atoms with Crippen molar-refractivity contribution in [3.05, 3.63) is 95.8 Å². The van der Waals surface area contributed by atoms with Crippen molar-refractivity contribution < 1.29 is 13.6 Å². The summed E-state index contributed by atoms with van der Waals surface area (Å²) in [6.45, 7) is 1.64. The summed E-state index contributed by atoms with van der Waals surface area (Å²) in [4.78, 5) is 17.9. The number of nitrogens with one attached hydrogen (secondary N) is 1. The number of aryl methyl sites for hydroxylation is 1. The number of rotatable bonds is 4. The summed E-state index contributed by atoms with van der Waals surface area (Å²) in [6, 6.07) is 18.9. The number of anilines is 1. The minimum absolute atomic E-state index is 0.113. The lowest BCUT2D eigenvalue weighted by Gasteiger charge is -2.12. The van der Waals surface area contributed by atoms with Gasteiger partial charge in [0, 0.05) is 16.6 Å². The summed E-state index contributed by atoms with van der Waals surface area (Å²) in [6.07, 6.45) is 0. The van der Waals surface area contributed by atoms with Crippen LogP contribution in [0.15, 0.2) is 72.8 Å². The Labute approximate surface area is 186 Å². The van der Waals surface area contributed by atoms with E-state index < -0.39 is 11.7 Å². The molecule has 0 atom stereocenters. The summed E-state index contributed by atoms with van der Waals surface area (Å²) in [5, 5.41) is 14.6. The second-order valence-corrected chi connectivity index (χ2v) is 7.34. The Kier molecular flexibility index (Phi) is 5.06. The van der Waals surface area contributed by atoms with Crippen molar-refractivity contribution in [3.63, 3.8) is 0 Å². The zero-order valence-electron chi connectivity index (χ0n) is 17.3. The molecular formula is C24H16F2N6O. The Morgan fingerprint density at radius 1 is 0.970 bits per heavy atom. The van der Waals surface area contributed by atoms with Crippen LogP contribution in [0.4, 0.5) is 14.5 Å². The summed E-state index contributed by atoms with van der Waals surface area (Å²) < 4.78 is 29.0. The quantitative estimate of drug-likeness (QED) is 0.435. The third-order valence-electron chi connectivity index (χ3n) is 5.16. The van der Waals surface area contributed by atoms with E-state index in [1.165, 1.54) is 35.0 Å². The zero-order chi connectivity index (χ0) is 22.9. The Bertz CT molecular complexity index is 1500. The fraction of sp³-hybridized carbons (Fsp3) is 0.0417. The van der Waals surface area contributed by atoms with Crippen molar-refractivity contribution >= 4 is 22.5 Å². The molecule has 0 unspecified atom stereocenters. The summed E-state index contributed by atoms with van der Waals surface area (Å²) in [7, 11) is 0. The highest BCUT2D eigenvalue weighted by atomic mass is 19.1. The molecule has 0 fully saturated rings. The molecule has 0 saturated heterocycles. The predicted molar refractivity (Wildman–Crippen MR) is 119 cm³/mol. The number of hydrogen-bond donors (Lipinski definition) is 1. The van der Waals surface area contributed by atoms with Gasteiger partial charge in [0.15, 0.2) is 5.82 Å². The first-order chi connectivity index (χ1) is 16.0. The van der Waals surface area contributed by atoms with Gasteiger partial charge in [-0.25, -0.2) is 13.8 Å². The number of benzene rings is 3.